The van der Waals surface area contributed by atoms with Crippen LogP contribution in [0.15, 0.2) is 11.0 Å². The average Bonchev–Trinajstić information content (AvgIpc) is 2.57. The summed E-state index contributed by atoms with van der Waals surface area (Å²) in [6.07, 6.45) is 3.78. The van der Waals surface area contributed by atoms with E-state index in [2.05, 4.69) is 28.4 Å². The van der Waals surface area contributed by atoms with E-state index in [1.54, 1.807) is 6.20 Å². The Balaban J connectivity index is 2.33. The second kappa shape index (κ2) is 3.61. The lowest BCUT2D eigenvalue weighted by Gasteiger charge is -2.17. The predicted octanol–water partition coefficient (Wildman–Crippen LogP) is 1.08. The molecule has 0 aromatic carbocycles. The molecule has 75 valence electrons. The number of rotatable bonds is 1. The molecule has 0 spiro atoms. The molecule has 5 heteroatoms. The van der Waals surface area contributed by atoms with Gasteiger partial charge in [0.05, 0.1) is 11.9 Å². The zero-order valence-corrected chi connectivity index (χ0v) is 8.58. The van der Waals surface area contributed by atoms with Crippen molar-refractivity contribution in [2.24, 2.45) is 5.92 Å². The predicted molar refractivity (Wildman–Crippen MR) is 55.5 cm³/mol. The van der Waals surface area contributed by atoms with E-state index in [1.807, 2.05) is 0 Å². The molecule has 14 heavy (non-hydrogen) atoms. The normalized spacial score (nSPS) is 21.6. The SMILES string of the molecule is C[C@@H]1[CH]CN(c2cn[nH]c(=O)c2Cl)C1. The summed E-state index contributed by atoms with van der Waals surface area (Å²) < 4.78 is 0. The molecule has 1 atom stereocenters. The van der Waals surface area contributed by atoms with Gasteiger partial charge in [0.25, 0.3) is 5.56 Å². The van der Waals surface area contributed by atoms with Crippen molar-refractivity contribution in [2.45, 2.75) is 6.92 Å². The Morgan fingerprint density at radius 1 is 1.71 bits per heavy atom. The molecule has 0 bridgehead atoms. The third kappa shape index (κ3) is 1.62. The van der Waals surface area contributed by atoms with Crippen LogP contribution in [-0.2, 0) is 0 Å². The highest BCUT2D eigenvalue weighted by atomic mass is 35.5. The zero-order valence-electron chi connectivity index (χ0n) is 7.83. The number of nitrogens with zero attached hydrogens (tertiary/aromatic N) is 2. The third-order valence-corrected chi connectivity index (χ3v) is 2.72. The smallest absolute Gasteiger partial charge is 0.285 e. The van der Waals surface area contributed by atoms with Crippen LogP contribution in [0.1, 0.15) is 6.92 Å². The molecule has 0 amide bonds. The van der Waals surface area contributed by atoms with E-state index < -0.39 is 0 Å². The van der Waals surface area contributed by atoms with Gasteiger partial charge in [-0.15, -0.1) is 0 Å². The van der Waals surface area contributed by atoms with E-state index in [9.17, 15) is 4.79 Å². The summed E-state index contributed by atoms with van der Waals surface area (Å²) in [5.41, 5.74) is 0.389. The van der Waals surface area contributed by atoms with Gasteiger partial charge in [0, 0.05) is 13.1 Å². The van der Waals surface area contributed by atoms with Crippen molar-refractivity contribution in [3.63, 3.8) is 0 Å². The van der Waals surface area contributed by atoms with Crippen molar-refractivity contribution in [3.05, 3.63) is 28.0 Å². The van der Waals surface area contributed by atoms with Gasteiger partial charge in [-0.25, -0.2) is 5.10 Å². The van der Waals surface area contributed by atoms with Crippen LogP contribution in [-0.4, -0.2) is 23.3 Å². The fourth-order valence-corrected chi connectivity index (χ4v) is 1.81. The van der Waals surface area contributed by atoms with Crippen LogP contribution in [0.5, 0.6) is 0 Å². The number of hydrogen-bond acceptors (Lipinski definition) is 3. The van der Waals surface area contributed by atoms with Gasteiger partial charge in [-0.05, 0) is 12.3 Å². The molecule has 1 fully saturated rings. The summed E-state index contributed by atoms with van der Waals surface area (Å²) in [5.74, 6) is 0.533. The Labute approximate surface area is 86.9 Å². The van der Waals surface area contributed by atoms with Gasteiger partial charge in [0.1, 0.15) is 5.02 Å². The molecular formula is C9H11ClN3O. The van der Waals surface area contributed by atoms with Crippen LogP contribution in [0.4, 0.5) is 5.69 Å². The molecule has 1 radical (unpaired) electrons. The Hall–Kier alpha value is -1.03. The van der Waals surface area contributed by atoms with Crippen molar-refractivity contribution < 1.29 is 0 Å². The van der Waals surface area contributed by atoms with Crippen molar-refractivity contribution >= 4 is 17.3 Å². The molecule has 0 unspecified atom stereocenters. The highest BCUT2D eigenvalue weighted by Gasteiger charge is 2.22. The molecular weight excluding hydrogens is 202 g/mol. The fraction of sp³-hybridized carbons (Fsp3) is 0.444. The maximum absolute atomic E-state index is 11.2. The number of halogens is 1. The van der Waals surface area contributed by atoms with Crippen molar-refractivity contribution in [1.82, 2.24) is 10.2 Å². The molecule has 1 aliphatic heterocycles. The minimum atomic E-state index is -0.330. The molecule has 2 heterocycles. The lowest BCUT2D eigenvalue weighted by Crippen LogP contribution is -2.23. The monoisotopic (exact) mass is 212 g/mol. The molecule has 1 aliphatic rings. The summed E-state index contributed by atoms with van der Waals surface area (Å²) in [7, 11) is 0. The average molecular weight is 213 g/mol. The van der Waals surface area contributed by atoms with Crippen LogP contribution in [0.25, 0.3) is 0 Å². The number of nitrogens with one attached hydrogen (secondary N) is 1. The highest BCUT2D eigenvalue weighted by molar-refractivity contribution is 6.33. The second-order valence-electron chi connectivity index (χ2n) is 3.52. The Kier molecular flexibility index (Phi) is 2.46. The van der Waals surface area contributed by atoms with Crippen LogP contribution < -0.4 is 10.5 Å². The molecule has 1 aromatic heterocycles. The van der Waals surface area contributed by atoms with Gasteiger partial charge in [-0.3, -0.25) is 4.79 Å². The standard InChI is InChI=1S/C9H11ClN3O/c1-6-2-3-13(5-6)7-4-11-12-9(14)8(7)10/h2,4,6H,3,5H2,1H3,(H,12,14)/t6-/m1/s1. The van der Waals surface area contributed by atoms with Gasteiger partial charge in [-0.1, -0.05) is 18.5 Å². The minimum Gasteiger partial charge on any atom is -0.368 e. The zero-order chi connectivity index (χ0) is 10.1. The lowest BCUT2D eigenvalue weighted by atomic mass is 10.2. The maximum atomic E-state index is 11.2. The molecule has 0 saturated carbocycles. The Morgan fingerprint density at radius 3 is 3.14 bits per heavy atom. The quantitative estimate of drug-likeness (QED) is 0.758. The van der Waals surface area contributed by atoms with Gasteiger partial charge in [0.2, 0.25) is 0 Å². The third-order valence-electron chi connectivity index (χ3n) is 2.35. The van der Waals surface area contributed by atoms with Gasteiger partial charge >= 0.3 is 0 Å². The van der Waals surface area contributed by atoms with Gasteiger partial charge in [-0.2, -0.15) is 5.10 Å². The number of aromatic nitrogens is 2. The van der Waals surface area contributed by atoms with Crippen LogP contribution >= 0.6 is 11.6 Å². The Bertz CT molecular complexity index is 390. The first kappa shape index (κ1) is 9.52. The van der Waals surface area contributed by atoms with Crippen LogP contribution in [0.2, 0.25) is 5.02 Å². The lowest BCUT2D eigenvalue weighted by molar-refractivity contribution is 0.751. The summed E-state index contributed by atoms with van der Waals surface area (Å²) in [4.78, 5) is 13.2. The fourth-order valence-electron chi connectivity index (χ4n) is 1.60. The van der Waals surface area contributed by atoms with E-state index in [0.717, 1.165) is 18.8 Å². The molecule has 4 nitrogen and oxygen atoms in total. The highest BCUT2D eigenvalue weighted by Crippen LogP contribution is 2.26. The van der Waals surface area contributed by atoms with Crippen LogP contribution in [0.3, 0.4) is 0 Å². The van der Waals surface area contributed by atoms with Gasteiger partial charge in [0.15, 0.2) is 0 Å². The summed E-state index contributed by atoms with van der Waals surface area (Å²) >= 11 is 5.88. The number of aromatic amines is 1. The van der Waals surface area contributed by atoms with Crippen LogP contribution in [0, 0.1) is 12.3 Å². The van der Waals surface area contributed by atoms with E-state index in [-0.39, 0.29) is 10.6 Å². The van der Waals surface area contributed by atoms with E-state index >= 15 is 0 Å². The minimum absolute atomic E-state index is 0.225. The largest absolute Gasteiger partial charge is 0.368 e. The Morgan fingerprint density at radius 2 is 2.50 bits per heavy atom. The van der Waals surface area contributed by atoms with Crippen molar-refractivity contribution in [3.8, 4) is 0 Å². The van der Waals surface area contributed by atoms with E-state index in [4.69, 9.17) is 11.6 Å². The molecule has 1 saturated heterocycles. The van der Waals surface area contributed by atoms with Gasteiger partial charge < -0.3 is 4.90 Å². The summed E-state index contributed by atoms with van der Waals surface area (Å²) in [5, 5.41) is 6.26. The van der Waals surface area contributed by atoms with E-state index in [0.29, 0.717) is 5.92 Å². The first-order valence-electron chi connectivity index (χ1n) is 4.50. The topological polar surface area (TPSA) is 49.0 Å². The van der Waals surface area contributed by atoms with Crippen molar-refractivity contribution in [2.75, 3.05) is 18.0 Å². The summed E-state index contributed by atoms with van der Waals surface area (Å²) in [6, 6.07) is 0. The first-order chi connectivity index (χ1) is 6.68. The first-order valence-corrected chi connectivity index (χ1v) is 4.87. The molecule has 2 rings (SSSR count). The van der Waals surface area contributed by atoms with E-state index in [1.165, 1.54) is 0 Å². The number of hydrogen-bond donors (Lipinski definition) is 1. The number of H-pyrrole nitrogens is 1. The summed E-state index contributed by atoms with van der Waals surface area (Å²) in [6.45, 7) is 3.85. The molecule has 1 aromatic rings. The second-order valence-corrected chi connectivity index (χ2v) is 3.89. The molecule has 1 N–H and O–H groups in total. The van der Waals surface area contributed by atoms with Crippen molar-refractivity contribution in [1.29, 1.82) is 0 Å². The maximum Gasteiger partial charge on any atom is 0.285 e. The number of anilines is 1. The molecule has 0 aliphatic carbocycles.